The van der Waals surface area contributed by atoms with Crippen molar-refractivity contribution in [2.24, 2.45) is 5.41 Å². The van der Waals surface area contributed by atoms with Gasteiger partial charge in [-0.15, -0.1) is 0 Å². The third-order valence-corrected chi connectivity index (χ3v) is 7.03. The van der Waals surface area contributed by atoms with Gasteiger partial charge >= 0.3 is 5.97 Å². The van der Waals surface area contributed by atoms with Gasteiger partial charge in [-0.1, -0.05) is 42.5 Å². The molecule has 3 aromatic rings. The molecule has 0 spiro atoms. The van der Waals surface area contributed by atoms with Gasteiger partial charge in [0, 0.05) is 18.0 Å². The van der Waals surface area contributed by atoms with E-state index in [0.29, 0.717) is 24.9 Å². The summed E-state index contributed by atoms with van der Waals surface area (Å²) < 4.78 is 36.7. The van der Waals surface area contributed by atoms with E-state index in [4.69, 9.17) is 4.74 Å². The molecule has 3 atom stereocenters. The van der Waals surface area contributed by atoms with Gasteiger partial charge in [-0.3, -0.25) is 14.4 Å². The monoisotopic (exact) mass is 507 g/mol. The molecular weight excluding hydrogens is 480 g/mol. The standard InChI is InChI=1S/C28H27F2N3O4/c1-28(2,3)27(36)37-25-20(34)15-31-33-23(19-13-8-14-32(19)26(35)24(25)33)21(16-9-5-4-6-10-16)17-11-7-12-18(29)22(17)30/h4-7,9-12,15,19,21,23H,8,13-14H2,1-3H3/t19-,21-,23-/m1/s1. The van der Waals surface area contributed by atoms with Crippen molar-refractivity contribution in [2.75, 3.05) is 6.54 Å². The first-order valence-electron chi connectivity index (χ1n) is 12.2. The summed E-state index contributed by atoms with van der Waals surface area (Å²) in [5.74, 6) is -4.28. The molecule has 2 aliphatic rings. The maximum absolute atomic E-state index is 15.3. The van der Waals surface area contributed by atoms with Crippen LogP contribution in [-0.4, -0.2) is 39.1 Å². The van der Waals surface area contributed by atoms with Crippen LogP contribution in [0.4, 0.5) is 8.78 Å². The number of amides is 1. The molecule has 0 aliphatic carbocycles. The molecule has 2 aromatic carbocycles. The van der Waals surface area contributed by atoms with Gasteiger partial charge in [-0.2, -0.15) is 5.10 Å². The average Bonchev–Trinajstić information content (AvgIpc) is 3.35. The Hall–Kier alpha value is -3.88. The lowest BCUT2D eigenvalue weighted by Crippen LogP contribution is -2.51. The fourth-order valence-corrected chi connectivity index (χ4v) is 5.26. The van der Waals surface area contributed by atoms with Gasteiger partial charge in [0.1, 0.15) is 0 Å². The Morgan fingerprint density at radius 3 is 2.51 bits per heavy atom. The van der Waals surface area contributed by atoms with Crippen molar-refractivity contribution >= 4 is 11.9 Å². The van der Waals surface area contributed by atoms with Gasteiger partial charge in [0.2, 0.25) is 11.2 Å². The second kappa shape index (κ2) is 9.21. The van der Waals surface area contributed by atoms with Crippen molar-refractivity contribution in [3.63, 3.8) is 0 Å². The summed E-state index contributed by atoms with van der Waals surface area (Å²) in [7, 11) is 0. The number of ether oxygens (including phenoxy) is 1. The maximum atomic E-state index is 15.3. The molecule has 0 bridgehead atoms. The Balaban J connectivity index is 1.77. The third kappa shape index (κ3) is 4.22. The fraction of sp³-hybridized carbons (Fsp3) is 0.357. The summed E-state index contributed by atoms with van der Waals surface area (Å²) in [5, 5.41) is 4.31. The molecule has 0 unspecified atom stereocenters. The molecule has 1 fully saturated rings. The van der Waals surface area contributed by atoms with Crippen molar-refractivity contribution in [1.82, 2.24) is 14.7 Å². The van der Waals surface area contributed by atoms with Crippen LogP contribution in [0.1, 0.15) is 67.2 Å². The van der Waals surface area contributed by atoms with Gasteiger partial charge in [0.25, 0.3) is 5.91 Å². The smallest absolute Gasteiger partial charge is 0.316 e. The maximum Gasteiger partial charge on any atom is 0.316 e. The number of esters is 1. The summed E-state index contributed by atoms with van der Waals surface area (Å²) >= 11 is 0. The van der Waals surface area contributed by atoms with Crippen LogP contribution >= 0.6 is 0 Å². The fourth-order valence-electron chi connectivity index (χ4n) is 5.26. The lowest BCUT2D eigenvalue weighted by Gasteiger charge is -2.42. The molecule has 1 saturated heterocycles. The Kier molecular flexibility index (Phi) is 6.17. The van der Waals surface area contributed by atoms with E-state index in [-0.39, 0.29) is 11.3 Å². The molecule has 1 amide bonds. The normalized spacial score (nSPS) is 19.8. The van der Waals surface area contributed by atoms with Crippen molar-refractivity contribution in [3.8, 4) is 5.75 Å². The number of hydrogen-bond acceptors (Lipinski definition) is 5. The predicted molar refractivity (Wildman–Crippen MR) is 131 cm³/mol. The quantitative estimate of drug-likeness (QED) is 0.487. The predicted octanol–water partition coefficient (Wildman–Crippen LogP) is 4.46. The van der Waals surface area contributed by atoms with Crippen molar-refractivity contribution in [1.29, 1.82) is 0 Å². The van der Waals surface area contributed by atoms with Crippen LogP contribution in [0.15, 0.2) is 59.5 Å². The van der Waals surface area contributed by atoms with Gasteiger partial charge in [0.05, 0.1) is 23.7 Å². The molecule has 2 aliphatic heterocycles. The molecule has 1 aromatic heterocycles. The van der Waals surface area contributed by atoms with Gasteiger partial charge in [-0.25, -0.2) is 13.5 Å². The highest BCUT2D eigenvalue weighted by molar-refractivity contribution is 5.97. The second-order valence-electron chi connectivity index (χ2n) is 10.5. The number of fused-ring (bicyclic) bond motifs is 2. The summed E-state index contributed by atoms with van der Waals surface area (Å²) in [6.07, 6.45) is 2.31. The first-order valence-corrected chi connectivity index (χ1v) is 12.2. The molecule has 192 valence electrons. The van der Waals surface area contributed by atoms with Crippen LogP contribution in [-0.2, 0) is 4.79 Å². The van der Waals surface area contributed by atoms with Crippen molar-refractivity contribution < 1.29 is 23.1 Å². The highest BCUT2D eigenvalue weighted by Crippen LogP contribution is 2.46. The van der Waals surface area contributed by atoms with Crippen LogP contribution in [0.3, 0.4) is 0 Å². The number of nitrogens with zero attached hydrogens (tertiary/aromatic N) is 3. The van der Waals surface area contributed by atoms with Crippen LogP contribution < -0.4 is 10.2 Å². The highest BCUT2D eigenvalue weighted by atomic mass is 19.2. The minimum atomic E-state index is -0.986. The lowest BCUT2D eigenvalue weighted by molar-refractivity contribution is -0.143. The minimum absolute atomic E-state index is 0.108. The zero-order chi connectivity index (χ0) is 26.5. The van der Waals surface area contributed by atoms with Crippen LogP contribution in [0.2, 0.25) is 0 Å². The first kappa shape index (κ1) is 24.8. The van der Waals surface area contributed by atoms with E-state index < -0.39 is 58.1 Å². The Morgan fingerprint density at radius 1 is 1.08 bits per heavy atom. The third-order valence-electron chi connectivity index (χ3n) is 7.03. The zero-order valence-corrected chi connectivity index (χ0v) is 20.8. The zero-order valence-electron chi connectivity index (χ0n) is 20.8. The van der Waals surface area contributed by atoms with E-state index in [0.717, 1.165) is 12.3 Å². The van der Waals surface area contributed by atoms with Gasteiger partial charge in [-0.05, 0) is 45.2 Å². The van der Waals surface area contributed by atoms with Crippen LogP contribution in [0, 0.1) is 17.0 Å². The van der Waals surface area contributed by atoms with Gasteiger partial charge < -0.3 is 9.64 Å². The summed E-state index contributed by atoms with van der Waals surface area (Å²) in [4.78, 5) is 40.9. The first-order chi connectivity index (χ1) is 17.6. The van der Waals surface area contributed by atoms with E-state index in [2.05, 4.69) is 5.10 Å². The number of benzene rings is 2. The van der Waals surface area contributed by atoms with Crippen LogP contribution in [0.25, 0.3) is 0 Å². The average molecular weight is 508 g/mol. The molecule has 9 heteroatoms. The van der Waals surface area contributed by atoms with E-state index in [9.17, 15) is 18.8 Å². The SMILES string of the molecule is CC(C)(C)C(=O)Oc1c2n(ncc1=O)[C@@H]([C@H](c1ccccc1)c1cccc(F)c1F)[C@H]1CCCN1C2=O. The summed E-state index contributed by atoms with van der Waals surface area (Å²) in [6.45, 7) is 5.34. The Bertz CT molecular complexity index is 1430. The second-order valence-corrected chi connectivity index (χ2v) is 10.5. The Labute approximate surface area is 212 Å². The van der Waals surface area contributed by atoms with E-state index in [1.54, 1.807) is 37.8 Å². The number of carbonyl (C=O) groups excluding carboxylic acids is 2. The summed E-state index contributed by atoms with van der Waals surface area (Å²) in [6, 6.07) is 12.0. The molecular formula is C28H27F2N3O4. The Morgan fingerprint density at radius 2 is 1.81 bits per heavy atom. The van der Waals surface area contributed by atoms with E-state index in [1.165, 1.54) is 16.8 Å². The number of carbonyl (C=O) groups is 2. The highest BCUT2D eigenvalue weighted by Gasteiger charge is 2.49. The lowest BCUT2D eigenvalue weighted by atomic mass is 9.79. The minimum Gasteiger partial charge on any atom is -0.419 e. The van der Waals surface area contributed by atoms with E-state index >= 15 is 4.39 Å². The van der Waals surface area contributed by atoms with Gasteiger partial charge in [0.15, 0.2) is 17.3 Å². The van der Waals surface area contributed by atoms with Crippen molar-refractivity contribution in [3.05, 3.63) is 93.4 Å². The largest absolute Gasteiger partial charge is 0.419 e. The van der Waals surface area contributed by atoms with Crippen LogP contribution in [0.5, 0.6) is 5.75 Å². The van der Waals surface area contributed by atoms with E-state index in [1.807, 2.05) is 18.2 Å². The molecule has 0 saturated carbocycles. The molecule has 37 heavy (non-hydrogen) atoms. The number of hydrogen-bond donors (Lipinski definition) is 0. The summed E-state index contributed by atoms with van der Waals surface area (Å²) in [5.41, 5.74) is -1.000. The molecule has 5 rings (SSSR count). The molecule has 0 N–H and O–H groups in total. The molecule has 0 radical (unpaired) electrons. The number of rotatable bonds is 4. The van der Waals surface area contributed by atoms with Crippen molar-refractivity contribution in [2.45, 2.75) is 51.6 Å². The molecule has 3 heterocycles. The number of halogens is 2. The topological polar surface area (TPSA) is 81.5 Å². The molecule has 7 nitrogen and oxygen atoms in total. The number of aromatic nitrogens is 2.